The zero-order valence-electron chi connectivity index (χ0n) is 15.2. The van der Waals surface area contributed by atoms with Crippen molar-refractivity contribution in [3.8, 4) is 0 Å². The highest BCUT2D eigenvalue weighted by atomic mass is 16.2. The van der Waals surface area contributed by atoms with Gasteiger partial charge in [0.15, 0.2) is 0 Å². The molecule has 7 nitrogen and oxygen atoms in total. The molecule has 1 aliphatic heterocycles. The molecule has 0 bridgehead atoms. The van der Waals surface area contributed by atoms with Crippen molar-refractivity contribution in [1.82, 2.24) is 29.6 Å². The molecule has 4 rings (SSSR count). The third-order valence-electron chi connectivity index (χ3n) is 5.27. The maximum atomic E-state index is 13.2. The van der Waals surface area contributed by atoms with E-state index in [1.54, 1.807) is 17.2 Å². The summed E-state index contributed by atoms with van der Waals surface area (Å²) in [7, 11) is 0. The normalized spacial score (nSPS) is 16.6. The second-order valence-electron chi connectivity index (χ2n) is 6.75. The minimum atomic E-state index is -0.218. The Morgan fingerprint density at radius 3 is 2.88 bits per heavy atom. The van der Waals surface area contributed by atoms with Crippen LogP contribution < -0.4 is 0 Å². The van der Waals surface area contributed by atoms with Crippen LogP contribution in [0.4, 0.5) is 0 Å². The number of aromatic amines is 1. The van der Waals surface area contributed by atoms with Crippen molar-refractivity contribution in [2.75, 3.05) is 6.54 Å². The van der Waals surface area contributed by atoms with Crippen LogP contribution in [0.5, 0.6) is 0 Å². The van der Waals surface area contributed by atoms with E-state index in [0.717, 1.165) is 40.3 Å². The van der Waals surface area contributed by atoms with Crippen molar-refractivity contribution < 1.29 is 4.79 Å². The molecule has 0 saturated carbocycles. The zero-order valence-corrected chi connectivity index (χ0v) is 15.2. The zero-order chi connectivity index (χ0) is 18.3. The summed E-state index contributed by atoms with van der Waals surface area (Å²) >= 11 is 0. The predicted octanol–water partition coefficient (Wildman–Crippen LogP) is 2.10. The highest BCUT2D eigenvalue weighted by Gasteiger charge is 2.34. The van der Waals surface area contributed by atoms with Crippen LogP contribution in [-0.4, -0.2) is 42.1 Å². The minimum absolute atomic E-state index is 0.0399. The molecule has 0 saturated heterocycles. The lowest BCUT2D eigenvalue weighted by atomic mass is 9.96. The van der Waals surface area contributed by atoms with E-state index >= 15 is 0 Å². The quantitative estimate of drug-likeness (QED) is 0.784. The Balaban J connectivity index is 1.68. The second-order valence-corrected chi connectivity index (χ2v) is 6.75. The molecular formula is C19H22N6O. The summed E-state index contributed by atoms with van der Waals surface area (Å²) in [5.41, 5.74) is 6.10. The van der Waals surface area contributed by atoms with Crippen molar-refractivity contribution >= 4 is 5.91 Å². The number of hydrogen-bond donors (Lipinski definition) is 1. The molecule has 3 aromatic heterocycles. The Bertz CT molecular complexity index is 942. The molecule has 1 amide bonds. The molecule has 1 N–H and O–H groups in total. The molecule has 26 heavy (non-hydrogen) atoms. The molecule has 1 atom stereocenters. The molecule has 3 aromatic rings. The third kappa shape index (κ3) is 2.69. The molecule has 4 heterocycles. The van der Waals surface area contributed by atoms with Crippen LogP contribution in [0.1, 0.15) is 39.9 Å². The highest BCUT2D eigenvalue weighted by molar-refractivity contribution is 5.77. The number of carbonyl (C=O) groups excluding carboxylic acids is 1. The summed E-state index contributed by atoms with van der Waals surface area (Å²) in [5, 5.41) is 4.51. The van der Waals surface area contributed by atoms with Gasteiger partial charge in [0.1, 0.15) is 12.6 Å². The predicted molar refractivity (Wildman–Crippen MR) is 96.5 cm³/mol. The van der Waals surface area contributed by atoms with Gasteiger partial charge in [-0.15, -0.1) is 0 Å². The van der Waals surface area contributed by atoms with Gasteiger partial charge < -0.3 is 9.88 Å². The molecule has 0 spiro atoms. The van der Waals surface area contributed by atoms with E-state index in [-0.39, 0.29) is 18.5 Å². The standard InChI is InChI=1S/C19H22N6O/c1-12-13(2)23-25(14(12)3)10-17(26)24-8-6-16-18(22-11-21-16)19(24)15-5-4-7-20-9-15/h4-5,7,9,11,19H,6,8,10H2,1-3H3,(H,21,22). The topological polar surface area (TPSA) is 79.7 Å². The SMILES string of the molecule is Cc1nn(CC(=O)N2CCc3[nH]cnc3C2c2cccnc2)c(C)c1C. The van der Waals surface area contributed by atoms with Gasteiger partial charge in [-0.1, -0.05) is 6.07 Å². The Morgan fingerprint density at radius 2 is 2.19 bits per heavy atom. The van der Waals surface area contributed by atoms with Gasteiger partial charge in [0.2, 0.25) is 5.91 Å². The molecule has 0 radical (unpaired) electrons. The lowest BCUT2D eigenvalue weighted by molar-refractivity contribution is -0.134. The number of nitrogens with one attached hydrogen (secondary N) is 1. The number of aromatic nitrogens is 5. The van der Waals surface area contributed by atoms with Gasteiger partial charge in [0.05, 0.1) is 17.7 Å². The van der Waals surface area contributed by atoms with E-state index in [9.17, 15) is 4.79 Å². The van der Waals surface area contributed by atoms with Crippen molar-refractivity contribution in [3.63, 3.8) is 0 Å². The second kappa shape index (κ2) is 6.40. The van der Waals surface area contributed by atoms with Crippen LogP contribution in [0.15, 0.2) is 30.9 Å². The van der Waals surface area contributed by atoms with E-state index in [0.29, 0.717) is 6.54 Å². The van der Waals surface area contributed by atoms with Crippen molar-refractivity contribution in [1.29, 1.82) is 0 Å². The van der Waals surface area contributed by atoms with Gasteiger partial charge in [0, 0.05) is 36.7 Å². The Morgan fingerprint density at radius 1 is 1.35 bits per heavy atom. The highest BCUT2D eigenvalue weighted by Crippen LogP contribution is 2.33. The number of rotatable bonds is 3. The van der Waals surface area contributed by atoms with Gasteiger partial charge in [-0.2, -0.15) is 5.10 Å². The molecule has 7 heteroatoms. The van der Waals surface area contributed by atoms with E-state index < -0.39 is 0 Å². The molecule has 0 aliphatic carbocycles. The first-order valence-corrected chi connectivity index (χ1v) is 8.78. The summed E-state index contributed by atoms with van der Waals surface area (Å²) in [6.07, 6.45) is 6.02. The lowest BCUT2D eigenvalue weighted by Crippen LogP contribution is -2.42. The number of fused-ring (bicyclic) bond motifs is 1. The van der Waals surface area contributed by atoms with Crippen LogP contribution in [0.2, 0.25) is 0 Å². The largest absolute Gasteiger partial charge is 0.348 e. The number of carbonyl (C=O) groups is 1. The fourth-order valence-electron chi connectivity index (χ4n) is 3.58. The summed E-state index contributed by atoms with van der Waals surface area (Å²) in [6, 6.07) is 3.67. The van der Waals surface area contributed by atoms with Crippen LogP contribution in [0, 0.1) is 20.8 Å². The number of H-pyrrole nitrogens is 1. The van der Waals surface area contributed by atoms with E-state index in [1.807, 2.05) is 44.0 Å². The van der Waals surface area contributed by atoms with Gasteiger partial charge in [-0.3, -0.25) is 14.5 Å². The van der Waals surface area contributed by atoms with Crippen LogP contribution in [0.25, 0.3) is 0 Å². The fraction of sp³-hybridized carbons (Fsp3) is 0.368. The molecule has 1 unspecified atom stereocenters. The van der Waals surface area contributed by atoms with Crippen molar-refractivity contribution in [2.24, 2.45) is 0 Å². The Labute approximate surface area is 152 Å². The van der Waals surface area contributed by atoms with Gasteiger partial charge in [0.25, 0.3) is 0 Å². The van der Waals surface area contributed by atoms with E-state index in [4.69, 9.17) is 0 Å². The van der Waals surface area contributed by atoms with Gasteiger partial charge in [-0.25, -0.2) is 4.98 Å². The van der Waals surface area contributed by atoms with Crippen molar-refractivity contribution in [2.45, 2.75) is 39.8 Å². The minimum Gasteiger partial charge on any atom is -0.348 e. The molecule has 1 aliphatic rings. The number of aryl methyl sites for hydroxylation is 1. The molecule has 134 valence electrons. The number of pyridine rings is 1. The molecule has 0 fully saturated rings. The smallest absolute Gasteiger partial charge is 0.245 e. The van der Waals surface area contributed by atoms with Crippen LogP contribution in [-0.2, 0) is 17.8 Å². The summed E-state index contributed by atoms with van der Waals surface area (Å²) in [4.78, 5) is 27.0. The number of imidazole rings is 1. The number of hydrogen-bond acceptors (Lipinski definition) is 4. The average molecular weight is 350 g/mol. The fourth-order valence-corrected chi connectivity index (χ4v) is 3.58. The van der Waals surface area contributed by atoms with E-state index in [1.165, 1.54) is 0 Å². The summed E-state index contributed by atoms with van der Waals surface area (Å²) in [5.74, 6) is 0.0399. The summed E-state index contributed by atoms with van der Waals surface area (Å²) < 4.78 is 1.80. The Hall–Kier alpha value is -2.96. The number of nitrogens with zero attached hydrogens (tertiary/aromatic N) is 5. The maximum Gasteiger partial charge on any atom is 0.245 e. The molecule has 0 aromatic carbocycles. The van der Waals surface area contributed by atoms with Crippen LogP contribution >= 0.6 is 0 Å². The van der Waals surface area contributed by atoms with Gasteiger partial charge in [-0.05, 0) is 38.0 Å². The molecular weight excluding hydrogens is 328 g/mol. The summed E-state index contributed by atoms with van der Waals surface area (Å²) in [6.45, 7) is 6.89. The van der Waals surface area contributed by atoms with Crippen LogP contribution in [0.3, 0.4) is 0 Å². The van der Waals surface area contributed by atoms with E-state index in [2.05, 4.69) is 20.1 Å². The first-order chi connectivity index (χ1) is 12.6. The third-order valence-corrected chi connectivity index (χ3v) is 5.27. The van der Waals surface area contributed by atoms with Crippen molar-refractivity contribution in [3.05, 3.63) is 64.8 Å². The maximum absolute atomic E-state index is 13.2. The monoisotopic (exact) mass is 350 g/mol. The average Bonchev–Trinajstić information content (AvgIpc) is 3.22. The Kier molecular flexibility index (Phi) is 4.06. The lowest BCUT2D eigenvalue weighted by Gasteiger charge is -2.35. The first-order valence-electron chi connectivity index (χ1n) is 8.78. The first kappa shape index (κ1) is 16.5. The number of amides is 1. The van der Waals surface area contributed by atoms with Gasteiger partial charge >= 0.3 is 0 Å².